The molecular weight excluding hydrogens is 280 g/mol. The molecule has 6 nitrogen and oxygen atoms in total. The van der Waals surface area contributed by atoms with Crippen molar-refractivity contribution in [1.29, 1.82) is 0 Å². The number of fused-ring (bicyclic) bond motifs is 1. The van der Waals surface area contributed by atoms with E-state index in [1.54, 1.807) is 12.1 Å². The van der Waals surface area contributed by atoms with Crippen molar-refractivity contribution in [3.05, 3.63) is 66.6 Å². The fraction of sp³-hybridized carbons (Fsp3) is 0.0625. The minimum atomic E-state index is -0.381. The number of pyridine rings is 1. The van der Waals surface area contributed by atoms with Gasteiger partial charge in [0.1, 0.15) is 6.54 Å². The van der Waals surface area contributed by atoms with E-state index in [2.05, 4.69) is 15.8 Å². The van der Waals surface area contributed by atoms with Gasteiger partial charge in [0, 0.05) is 29.7 Å². The lowest BCUT2D eigenvalue weighted by Crippen LogP contribution is -2.43. The van der Waals surface area contributed by atoms with Crippen LogP contribution >= 0.6 is 0 Å². The first-order valence-electron chi connectivity index (χ1n) is 6.77. The van der Waals surface area contributed by atoms with E-state index in [0.29, 0.717) is 5.56 Å². The molecule has 0 aliphatic carbocycles. The van der Waals surface area contributed by atoms with Crippen LogP contribution in [0.5, 0.6) is 0 Å². The summed E-state index contributed by atoms with van der Waals surface area (Å²) in [6.45, 7) is 0.129. The third-order valence-electron chi connectivity index (χ3n) is 3.25. The zero-order valence-corrected chi connectivity index (χ0v) is 11.7. The standard InChI is InChI=1S/C16H14N4O2/c21-15(18-19-16(22)13-5-8-17-9-6-13)11-20-10-7-12-3-1-2-4-14(12)20/h1-10H,11H2,(H,18,21)(H,19,22). The molecule has 0 bridgehead atoms. The van der Waals surface area contributed by atoms with Crippen LogP contribution in [0.15, 0.2) is 61.1 Å². The van der Waals surface area contributed by atoms with Gasteiger partial charge in [-0.25, -0.2) is 0 Å². The smallest absolute Gasteiger partial charge is 0.269 e. The van der Waals surface area contributed by atoms with Crippen molar-refractivity contribution in [2.24, 2.45) is 0 Å². The molecule has 3 aromatic rings. The van der Waals surface area contributed by atoms with Crippen molar-refractivity contribution in [3.63, 3.8) is 0 Å². The summed E-state index contributed by atoms with van der Waals surface area (Å²) in [5.41, 5.74) is 6.19. The fourth-order valence-corrected chi connectivity index (χ4v) is 2.17. The van der Waals surface area contributed by atoms with Crippen molar-refractivity contribution in [2.45, 2.75) is 6.54 Å². The van der Waals surface area contributed by atoms with Gasteiger partial charge in [0.15, 0.2) is 0 Å². The summed E-state index contributed by atoms with van der Waals surface area (Å²) in [4.78, 5) is 27.6. The van der Waals surface area contributed by atoms with Gasteiger partial charge in [-0.05, 0) is 29.7 Å². The molecule has 0 saturated carbocycles. The number of carbonyl (C=O) groups excluding carboxylic acids is 2. The Balaban J connectivity index is 1.60. The first-order chi connectivity index (χ1) is 10.7. The van der Waals surface area contributed by atoms with Crippen molar-refractivity contribution >= 4 is 22.7 Å². The molecule has 0 spiro atoms. The number of carbonyl (C=O) groups is 2. The lowest BCUT2D eigenvalue weighted by atomic mass is 10.2. The van der Waals surface area contributed by atoms with E-state index in [0.717, 1.165) is 10.9 Å². The molecule has 110 valence electrons. The molecule has 0 unspecified atom stereocenters. The highest BCUT2D eigenvalue weighted by Gasteiger charge is 2.08. The van der Waals surface area contributed by atoms with Crippen LogP contribution in [0.3, 0.4) is 0 Å². The molecule has 2 aromatic heterocycles. The van der Waals surface area contributed by atoms with E-state index < -0.39 is 0 Å². The number of nitrogens with zero attached hydrogens (tertiary/aromatic N) is 2. The number of nitrogens with one attached hydrogen (secondary N) is 2. The van der Waals surface area contributed by atoms with Gasteiger partial charge in [-0.2, -0.15) is 0 Å². The molecule has 0 saturated heterocycles. The zero-order chi connectivity index (χ0) is 15.4. The minimum Gasteiger partial charge on any atom is -0.338 e. The maximum Gasteiger partial charge on any atom is 0.269 e. The van der Waals surface area contributed by atoms with Crippen LogP contribution in [-0.2, 0) is 11.3 Å². The normalized spacial score (nSPS) is 10.4. The van der Waals surface area contributed by atoms with Crippen LogP contribution < -0.4 is 10.9 Å². The molecule has 0 aliphatic heterocycles. The van der Waals surface area contributed by atoms with Gasteiger partial charge >= 0.3 is 0 Å². The Morgan fingerprint density at radius 2 is 1.77 bits per heavy atom. The number of rotatable bonds is 3. The van der Waals surface area contributed by atoms with Crippen molar-refractivity contribution in [2.75, 3.05) is 0 Å². The van der Waals surface area contributed by atoms with Gasteiger partial charge < -0.3 is 4.57 Å². The molecule has 2 amide bonds. The topological polar surface area (TPSA) is 76.0 Å². The molecule has 0 radical (unpaired) electrons. The Bertz CT molecular complexity index is 811. The van der Waals surface area contributed by atoms with Crippen LogP contribution in [0.1, 0.15) is 10.4 Å². The van der Waals surface area contributed by atoms with Crippen LogP contribution in [0.2, 0.25) is 0 Å². The summed E-state index contributed by atoms with van der Waals surface area (Å²) in [6.07, 6.45) is 4.88. The minimum absolute atomic E-state index is 0.129. The number of hydrogen-bond donors (Lipinski definition) is 2. The quantitative estimate of drug-likeness (QED) is 0.719. The van der Waals surface area contributed by atoms with Crippen molar-refractivity contribution in [1.82, 2.24) is 20.4 Å². The molecule has 0 fully saturated rings. The van der Waals surface area contributed by atoms with Gasteiger partial charge in [-0.15, -0.1) is 0 Å². The average molecular weight is 294 g/mol. The van der Waals surface area contributed by atoms with E-state index in [-0.39, 0.29) is 18.4 Å². The predicted octanol–water partition coefficient (Wildman–Crippen LogP) is 1.50. The molecular formula is C16H14N4O2. The number of hydrazine groups is 1. The van der Waals surface area contributed by atoms with Crippen LogP contribution in [-0.4, -0.2) is 21.4 Å². The summed E-state index contributed by atoms with van der Waals surface area (Å²) in [5, 5.41) is 1.07. The fourth-order valence-electron chi connectivity index (χ4n) is 2.17. The Morgan fingerprint density at radius 1 is 1.00 bits per heavy atom. The highest BCUT2D eigenvalue weighted by Crippen LogP contribution is 2.14. The third-order valence-corrected chi connectivity index (χ3v) is 3.25. The SMILES string of the molecule is O=C(Cn1ccc2ccccc21)NNC(=O)c1ccncc1. The second-order valence-electron chi connectivity index (χ2n) is 4.74. The van der Waals surface area contributed by atoms with Gasteiger partial charge in [-0.3, -0.25) is 25.4 Å². The molecule has 3 rings (SSSR count). The summed E-state index contributed by atoms with van der Waals surface area (Å²) in [5.74, 6) is -0.683. The van der Waals surface area contributed by atoms with Crippen molar-refractivity contribution < 1.29 is 9.59 Å². The van der Waals surface area contributed by atoms with E-state index in [1.165, 1.54) is 12.4 Å². The molecule has 0 atom stereocenters. The lowest BCUT2D eigenvalue weighted by molar-refractivity contribution is -0.122. The maximum absolute atomic E-state index is 11.9. The Labute approximate surface area is 126 Å². The molecule has 1 aromatic carbocycles. The van der Waals surface area contributed by atoms with Gasteiger partial charge in [0.2, 0.25) is 0 Å². The molecule has 2 heterocycles. The second-order valence-corrected chi connectivity index (χ2v) is 4.74. The van der Waals surface area contributed by atoms with E-state index >= 15 is 0 Å². The Hall–Kier alpha value is -3.15. The second kappa shape index (κ2) is 6.09. The number of benzene rings is 1. The zero-order valence-electron chi connectivity index (χ0n) is 11.7. The van der Waals surface area contributed by atoms with Crippen LogP contribution in [0.4, 0.5) is 0 Å². The van der Waals surface area contributed by atoms with E-state index in [4.69, 9.17) is 0 Å². The summed E-state index contributed by atoms with van der Waals surface area (Å²) in [7, 11) is 0. The molecule has 2 N–H and O–H groups in total. The van der Waals surface area contributed by atoms with E-state index in [1.807, 2.05) is 41.1 Å². The summed E-state index contributed by atoms with van der Waals surface area (Å²) in [6, 6.07) is 12.9. The maximum atomic E-state index is 11.9. The molecule has 0 aliphatic rings. The highest BCUT2D eigenvalue weighted by atomic mass is 16.2. The summed E-state index contributed by atoms with van der Waals surface area (Å²) < 4.78 is 1.82. The molecule has 6 heteroatoms. The number of aromatic nitrogens is 2. The van der Waals surface area contributed by atoms with Gasteiger partial charge in [0.05, 0.1) is 0 Å². The van der Waals surface area contributed by atoms with Crippen LogP contribution in [0, 0.1) is 0 Å². The van der Waals surface area contributed by atoms with Gasteiger partial charge in [0.25, 0.3) is 11.8 Å². The summed E-state index contributed by atoms with van der Waals surface area (Å²) >= 11 is 0. The number of hydrogen-bond acceptors (Lipinski definition) is 3. The van der Waals surface area contributed by atoms with E-state index in [9.17, 15) is 9.59 Å². The largest absolute Gasteiger partial charge is 0.338 e. The molecule has 22 heavy (non-hydrogen) atoms. The Morgan fingerprint density at radius 3 is 2.59 bits per heavy atom. The lowest BCUT2D eigenvalue weighted by Gasteiger charge is -2.08. The predicted molar refractivity (Wildman–Crippen MR) is 81.8 cm³/mol. The first kappa shape index (κ1) is 13.8. The van der Waals surface area contributed by atoms with Gasteiger partial charge in [-0.1, -0.05) is 18.2 Å². The number of amides is 2. The van der Waals surface area contributed by atoms with Crippen molar-refractivity contribution in [3.8, 4) is 0 Å². The highest BCUT2D eigenvalue weighted by molar-refractivity contribution is 5.95. The first-order valence-corrected chi connectivity index (χ1v) is 6.77. The monoisotopic (exact) mass is 294 g/mol. The van der Waals surface area contributed by atoms with Crippen LogP contribution in [0.25, 0.3) is 10.9 Å². The Kier molecular flexibility index (Phi) is 3.82. The number of para-hydroxylation sites is 1. The average Bonchev–Trinajstić information content (AvgIpc) is 2.97. The third kappa shape index (κ3) is 2.95.